The van der Waals surface area contributed by atoms with E-state index < -0.39 is 0 Å². The van der Waals surface area contributed by atoms with Gasteiger partial charge in [-0.2, -0.15) is 0 Å². The van der Waals surface area contributed by atoms with Gasteiger partial charge in [0.2, 0.25) is 0 Å². The second-order valence-corrected chi connectivity index (χ2v) is 5.48. The number of aryl methyl sites for hydroxylation is 1. The zero-order valence-corrected chi connectivity index (χ0v) is 12.5. The van der Waals surface area contributed by atoms with Gasteiger partial charge in [0.25, 0.3) is 5.65 Å². The molecule has 0 fully saturated rings. The van der Waals surface area contributed by atoms with Crippen LogP contribution in [0.1, 0.15) is 0 Å². The highest BCUT2D eigenvalue weighted by atomic mass is 15.1. The lowest BCUT2D eigenvalue weighted by molar-refractivity contribution is -0.644. The predicted octanol–water partition coefficient (Wildman–Crippen LogP) is 4.10. The topological polar surface area (TPSA) is 8.29 Å². The van der Waals surface area contributed by atoms with Crippen molar-refractivity contribution in [1.29, 1.82) is 0 Å². The van der Waals surface area contributed by atoms with Gasteiger partial charge in [0.05, 0.1) is 18.8 Å². The molecular formula is C20H17N2+. The fraction of sp³-hybridized carbons (Fsp3) is 0.0500. The third-order valence-corrected chi connectivity index (χ3v) is 4.07. The predicted molar refractivity (Wildman–Crippen MR) is 89.4 cm³/mol. The van der Waals surface area contributed by atoms with E-state index in [1.165, 1.54) is 27.9 Å². The second-order valence-electron chi connectivity index (χ2n) is 5.48. The molecule has 0 N–H and O–H groups in total. The van der Waals surface area contributed by atoms with Crippen molar-refractivity contribution in [3.05, 3.63) is 85.3 Å². The molecular weight excluding hydrogens is 268 g/mol. The minimum absolute atomic E-state index is 1.20. The van der Waals surface area contributed by atoms with Crippen molar-refractivity contribution >= 4 is 5.65 Å². The summed E-state index contributed by atoms with van der Waals surface area (Å²) in [6.45, 7) is 0. The van der Waals surface area contributed by atoms with E-state index in [2.05, 4.69) is 101 Å². The first-order chi connectivity index (χ1) is 10.8. The Labute approximate surface area is 129 Å². The van der Waals surface area contributed by atoms with Crippen LogP contribution >= 0.6 is 0 Å². The SMILES string of the molecule is C[n+]1ccn2ccc(-c3ccccc3)c(-c3ccccc3)c21. The maximum Gasteiger partial charge on any atom is 0.294 e. The molecule has 2 heteroatoms. The third kappa shape index (κ3) is 2.01. The Hall–Kier alpha value is -2.87. The lowest BCUT2D eigenvalue weighted by Crippen LogP contribution is -2.26. The first-order valence-corrected chi connectivity index (χ1v) is 7.45. The largest absolute Gasteiger partial charge is 0.294 e. The molecule has 4 aromatic rings. The average molecular weight is 285 g/mol. The third-order valence-electron chi connectivity index (χ3n) is 4.07. The maximum atomic E-state index is 2.20. The molecule has 0 atom stereocenters. The summed E-state index contributed by atoms with van der Waals surface area (Å²) >= 11 is 0. The molecule has 0 saturated carbocycles. The molecule has 2 heterocycles. The molecule has 2 nitrogen and oxygen atoms in total. The summed E-state index contributed by atoms with van der Waals surface area (Å²) < 4.78 is 4.35. The smallest absolute Gasteiger partial charge is 0.232 e. The van der Waals surface area contributed by atoms with Gasteiger partial charge >= 0.3 is 0 Å². The van der Waals surface area contributed by atoms with Crippen LogP contribution in [0.25, 0.3) is 27.9 Å². The molecule has 106 valence electrons. The minimum atomic E-state index is 1.20. The van der Waals surface area contributed by atoms with Crippen LogP contribution in [0, 0.1) is 0 Å². The highest BCUT2D eigenvalue weighted by Crippen LogP contribution is 2.34. The summed E-state index contributed by atoms with van der Waals surface area (Å²) in [5.41, 5.74) is 6.20. The Bertz CT molecular complexity index is 922. The van der Waals surface area contributed by atoms with Crippen LogP contribution in [0.5, 0.6) is 0 Å². The van der Waals surface area contributed by atoms with E-state index in [0.29, 0.717) is 0 Å². The van der Waals surface area contributed by atoms with E-state index in [0.717, 1.165) is 0 Å². The number of aromatic nitrogens is 2. The fourth-order valence-corrected chi connectivity index (χ4v) is 3.03. The van der Waals surface area contributed by atoms with E-state index in [1.807, 2.05) is 0 Å². The molecule has 0 radical (unpaired) electrons. The molecule has 0 saturated heterocycles. The monoisotopic (exact) mass is 285 g/mol. The lowest BCUT2D eigenvalue weighted by Gasteiger charge is -2.09. The normalized spacial score (nSPS) is 11.0. The molecule has 4 rings (SSSR count). The lowest BCUT2D eigenvalue weighted by atomic mass is 9.96. The Kier molecular flexibility index (Phi) is 3.01. The van der Waals surface area contributed by atoms with Crippen LogP contribution < -0.4 is 4.57 Å². The van der Waals surface area contributed by atoms with Crippen molar-refractivity contribution in [3.63, 3.8) is 0 Å². The summed E-state index contributed by atoms with van der Waals surface area (Å²) in [7, 11) is 2.09. The van der Waals surface area contributed by atoms with Crippen LogP contribution in [-0.2, 0) is 7.05 Å². The molecule has 0 amide bonds. The van der Waals surface area contributed by atoms with E-state index in [4.69, 9.17) is 0 Å². The number of imidazole rings is 1. The maximum absolute atomic E-state index is 2.20. The second kappa shape index (κ2) is 5.15. The molecule has 0 bridgehead atoms. The van der Waals surface area contributed by atoms with Gasteiger partial charge in [-0.05, 0) is 17.2 Å². The van der Waals surface area contributed by atoms with Gasteiger partial charge in [0, 0.05) is 5.56 Å². The number of rotatable bonds is 2. The van der Waals surface area contributed by atoms with E-state index in [-0.39, 0.29) is 0 Å². The van der Waals surface area contributed by atoms with Gasteiger partial charge in [-0.15, -0.1) is 0 Å². The summed E-state index contributed by atoms with van der Waals surface area (Å²) in [5.74, 6) is 0. The molecule has 0 aliphatic heterocycles. The molecule has 2 aromatic carbocycles. The summed E-state index contributed by atoms with van der Waals surface area (Å²) in [4.78, 5) is 0. The summed E-state index contributed by atoms with van der Waals surface area (Å²) in [5, 5.41) is 0. The Morgan fingerprint density at radius 1 is 0.727 bits per heavy atom. The first-order valence-electron chi connectivity index (χ1n) is 7.45. The van der Waals surface area contributed by atoms with Crippen molar-refractivity contribution in [3.8, 4) is 22.3 Å². The number of nitrogens with zero attached hydrogens (tertiary/aromatic N) is 2. The van der Waals surface area contributed by atoms with E-state index in [1.54, 1.807) is 0 Å². The molecule has 2 aromatic heterocycles. The van der Waals surface area contributed by atoms with Gasteiger partial charge in [-0.25, -0.2) is 8.97 Å². The Morgan fingerprint density at radius 3 is 2.05 bits per heavy atom. The molecule has 0 aliphatic carbocycles. The van der Waals surface area contributed by atoms with Gasteiger partial charge in [0.1, 0.15) is 12.4 Å². The van der Waals surface area contributed by atoms with E-state index >= 15 is 0 Å². The average Bonchev–Trinajstić information content (AvgIpc) is 2.97. The Balaban J connectivity index is 2.11. The highest BCUT2D eigenvalue weighted by molar-refractivity contribution is 5.90. The van der Waals surface area contributed by atoms with Gasteiger partial charge < -0.3 is 0 Å². The van der Waals surface area contributed by atoms with Crippen molar-refractivity contribution < 1.29 is 4.57 Å². The Morgan fingerprint density at radius 2 is 1.36 bits per heavy atom. The fourth-order valence-electron chi connectivity index (χ4n) is 3.03. The molecule has 0 spiro atoms. The van der Waals surface area contributed by atoms with Crippen molar-refractivity contribution in [1.82, 2.24) is 4.40 Å². The number of hydrogen-bond acceptors (Lipinski definition) is 0. The van der Waals surface area contributed by atoms with Crippen molar-refractivity contribution in [2.45, 2.75) is 0 Å². The van der Waals surface area contributed by atoms with E-state index in [9.17, 15) is 0 Å². The number of benzene rings is 2. The summed E-state index contributed by atoms with van der Waals surface area (Å²) in [6.07, 6.45) is 6.32. The standard InChI is InChI=1S/C20H17N2/c1-21-14-15-22-13-12-18(16-8-4-2-5-9-16)19(20(21)22)17-10-6-3-7-11-17/h2-15H,1H3/q+1. The van der Waals surface area contributed by atoms with Crippen molar-refractivity contribution in [2.24, 2.45) is 7.05 Å². The summed E-state index contributed by atoms with van der Waals surface area (Å²) in [6, 6.07) is 23.4. The highest BCUT2D eigenvalue weighted by Gasteiger charge is 2.19. The van der Waals surface area contributed by atoms with Crippen LogP contribution in [0.4, 0.5) is 0 Å². The van der Waals surface area contributed by atoms with Crippen LogP contribution in [0.2, 0.25) is 0 Å². The number of pyridine rings is 1. The van der Waals surface area contributed by atoms with Gasteiger partial charge in [-0.3, -0.25) is 0 Å². The van der Waals surface area contributed by atoms with Gasteiger partial charge in [-0.1, -0.05) is 60.7 Å². The number of fused-ring (bicyclic) bond motifs is 1. The first kappa shape index (κ1) is 12.8. The molecule has 0 unspecified atom stereocenters. The van der Waals surface area contributed by atoms with Crippen molar-refractivity contribution in [2.75, 3.05) is 0 Å². The van der Waals surface area contributed by atoms with Gasteiger partial charge in [0.15, 0.2) is 0 Å². The zero-order chi connectivity index (χ0) is 14.9. The van der Waals surface area contributed by atoms with Crippen LogP contribution in [0.3, 0.4) is 0 Å². The zero-order valence-electron chi connectivity index (χ0n) is 12.5. The minimum Gasteiger partial charge on any atom is -0.232 e. The number of hydrogen-bond donors (Lipinski definition) is 0. The van der Waals surface area contributed by atoms with Crippen LogP contribution in [-0.4, -0.2) is 4.40 Å². The molecule has 0 aliphatic rings. The van der Waals surface area contributed by atoms with Crippen LogP contribution in [0.15, 0.2) is 85.3 Å². The molecule has 22 heavy (non-hydrogen) atoms. The quantitative estimate of drug-likeness (QED) is 0.490.